The normalized spacial score (nSPS) is 19.7. The first-order valence-electron chi connectivity index (χ1n) is 17.6. The zero-order chi connectivity index (χ0) is 32.3. The maximum atomic E-state index is 13.4. The van der Waals surface area contributed by atoms with E-state index in [1.807, 2.05) is 29.2 Å². The Kier molecular flexibility index (Phi) is 9.30. The number of anilines is 4. The molecular formula is C39H50N6O2. The Morgan fingerprint density at radius 2 is 1.47 bits per heavy atom. The Morgan fingerprint density at radius 3 is 2.11 bits per heavy atom. The summed E-state index contributed by atoms with van der Waals surface area (Å²) in [5.41, 5.74) is 14.3. The minimum atomic E-state index is 0.214. The highest BCUT2D eigenvalue weighted by molar-refractivity contribution is 5.83. The predicted molar refractivity (Wildman–Crippen MR) is 192 cm³/mol. The van der Waals surface area contributed by atoms with Crippen molar-refractivity contribution < 1.29 is 9.53 Å². The lowest BCUT2D eigenvalue weighted by Gasteiger charge is -2.43. The zero-order valence-electron chi connectivity index (χ0n) is 28.2. The van der Waals surface area contributed by atoms with E-state index in [9.17, 15) is 4.79 Å². The summed E-state index contributed by atoms with van der Waals surface area (Å²) in [7, 11) is 1.68. The van der Waals surface area contributed by atoms with Gasteiger partial charge < -0.3 is 25.2 Å². The van der Waals surface area contributed by atoms with Crippen LogP contribution in [0.25, 0.3) is 0 Å². The third-order valence-electron chi connectivity index (χ3n) is 10.7. The van der Waals surface area contributed by atoms with Crippen LogP contribution in [0.3, 0.4) is 0 Å². The fourth-order valence-electron chi connectivity index (χ4n) is 7.73. The number of amides is 1. The second-order valence-electron chi connectivity index (χ2n) is 13.8. The highest BCUT2D eigenvalue weighted by atomic mass is 16.5. The van der Waals surface area contributed by atoms with Crippen molar-refractivity contribution >= 4 is 28.7 Å². The number of hydrogen-bond acceptors (Lipinski definition) is 7. The molecule has 0 radical (unpaired) electrons. The Balaban J connectivity index is 0.969. The molecule has 7 rings (SSSR count). The third-order valence-corrected chi connectivity index (χ3v) is 10.7. The molecule has 248 valence electrons. The van der Waals surface area contributed by atoms with Crippen LogP contribution < -0.4 is 25.2 Å². The van der Waals surface area contributed by atoms with Gasteiger partial charge in [-0.05, 0) is 116 Å². The van der Waals surface area contributed by atoms with Crippen molar-refractivity contribution in [2.45, 2.75) is 52.0 Å². The number of methoxy groups -OCH3 is 1. The van der Waals surface area contributed by atoms with E-state index < -0.39 is 0 Å². The van der Waals surface area contributed by atoms with Crippen molar-refractivity contribution in [2.75, 3.05) is 79.9 Å². The number of allylic oxidation sites excluding steroid dienone is 1. The van der Waals surface area contributed by atoms with E-state index in [0.29, 0.717) is 13.0 Å². The molecule has 1 amide bonds. The molecule has 3 heterocycles. The molecule has 1 saturated carbocycles. The number of aryl methyl sites for hydroxylation is 1. The Labute approximate surface area is 280 Å². The number of ether oxygens (including phenoxy) is 1. The van der Waals surface area contributed by atoms with Crippen molar-refractivity contribution in [3.8, 4) is 5.75 Å². The van der Waals surface area contributed by atoms with E-state index in [4.69, 9.17) is 10.5 Å². The number of nitrogen functional groups attached to an aromatic ring is 1. The SMILES string of the molecule is COc1ccc(CN2C(=O)CCN(c3ccc(N4CCN(CC5CCN(c6ccc(N)cc6)CC5)CC4)cc3C)C2=C2CCC2)cc1. The minimum absolute atomic E-state index is 0.214. The van der Waals surface area contributed by atoms with Crippen LogP contribution in [0.1, 0.15) is 49.7 Å². The number of piperidine rings is 1. The molecule has 8 heteroatoms. The Hall–Kier alpha value is -4.17. The molecule has 8 nitrogen and oxygen atoms in total. The van der Waals surface area contributed by atoms with Gasteiger partial charge in [0, 0.05) is 81.5 Å². The first-order chi connectivity index (χ1) is 22.9. The molecule has 4 fully saturated rings. The smallest absolute Gasteiger partial charge is 0.230 e. The second-order valence-corrected chi connectivity index (χ2v) is 13.8. The highest BCUT2D eigenvalue weighted by Crippen LogP contribution is 2.39. The number of carbonyl (C=O) groups is 1. The van der Waals surface area contributed by atoms with Gasteiger partial charge in [-0.3, -0.25) is 14.6 Å². The van der Waals surface area contributed by atoms with Crippen LogP contribution in [-0.4, -0.2) is 75.2 Å². The summed E-state index contributed by atoms with van der Waals surface area (Å²) in [5, 5.41) is 0. The van der Waals surface area contributed by atoms with E-state index in [1.165, 1.54) is 54.0 Å². The summed E-state index contributed by atoms with van der Waals surface area (Å²) in [6.45, 7) is 11.4. The molecule has 47 heavy (non-hydrogen) atoms. The van der Waals surface area contributed by atoms with Gasteiger partial charge in [-0.2, -0.15) is 0 Å². The topological polar surface area (TPSA) is 68.5 Å². The highest BCUT2D eigenvalue weighted by Gasteiger charge is 2.34. The average molecular weight is 635 g/mol. The first kappa shape index (κ1) is 31.4. The Morgan fingerprint density at radius 1 is 0.787 bits per heavy atom. The molecule has 3 aromatic rings. The van der Waals surface area contributed by atoms with E-state index in [0.717, 1.165) is 87.4 Å². The number of carbonyl (C=O) groups excluding carboxylic acids is 1. The van der Waals surface area contributed by atoms with Crippen LogP contribution in [0.15, 0.2) is 78.1 Å². The Bertz CT molecular complexity index is 1560. The van der Waals surface area contributed by atoms with Crippen molar-refractivity contribution in [3.05, 3.63) is 89.3 Å². The largest absolute Gasteiger partial charge is 0.497 e. The van der Waals surface area contributed by atoms with Crippen molar-refractivity contribution in [1.29, 1.82) is 0 Å². The molecule has 1 aliphatic carbocycles. The number of nitrogens with zero attached hydrogens (tertiary/aromatic N) is 5. The van der Waals surface area contributed by atoms with E-state index in [-0.39, 0.29) is 5.91 Å². The molecule has 0 spiro atoms. The lowest BCUT2D eigenvalue weighted by atomic mass is 9.90. The number of benzene rings is 3. The summed E-state index contributed by atoms with van der Waals surface area (Å²) >= 11 is 0. The summed E-state index contributed by atoms with van der Waals surface area (Å²) in [6, 6.07) is 23.4. The van der Waals surface area contributed by atoms with E-state index in [2.05, 4.69) is 69.0 Å². The lowest BCUT2D eigenvalue weighted by Crippen LogP contribution is -2.49. The van der Waals surface area contributed by atoms with Crippen LogP contribution in [0.5, 0.6) is 5.75 Å². The number of rotatable bonds is 8. The van der Waals surface area contributed by atoms with Gasteiger partial charge in [-0.25, -0.2) is 0 Å². The first-order valence-corrected chi connectivity index (χ1v) is 17.6. The summed E-state index contributed by atoms with van der Waals surface area (Å²) in [5.74, 6) is 2.94. The summed E-state index contributed by atoms with van der Waals surface area (Å²) in [6.07, 6.45) is 6.37. The lowest BCUT2D eigenvalue weighted by molar-refractivity contribution is -0.131. The van der Waals surface area contributed by atoms with E-state index in [1.54, 1.807) is 7.11 Å². The average Bonchev–Trinajstić information content (AvgIpc) is 3.07. The molecule has 0 atom stereocenters. The van der Waals surface area contributed by atoms with Gasteiger partial charge in [-0.15, -0.1) is 0 Å². The van der Waals surface area contributed by atoms with Crippen molar-refractivity contribution in [2.24, 2.45) is 5.92 Å². The fourth-order valence-corrected chi connectivity index (χ4v) is 7.73. The summed E-state index contributed by atoms with van der Waals surface area (Å²) < 4.78 is 5.35. The molecule has 3 aromatic carbocycles. The molecule has 2 N–H and O–H groups in total. The maximum absolute atomic E-state index is 13.4. The maximum Gasteiger partial charge on any atom is 0.230 e. The van der Waals surface area contributed by atoms with Crippen LogP contribution in [0.4, 0.5) is 22.7 Å². The van der Waals surface area contributed by atoms with E-state index >= 15 is 0 Å². The molecule has 4 aliphatic rings. The van der Waals surface area contributed by atoms with Crippen molar-refractivity contribution in [3.63, 3.8) is 0 Å². The molecule has 0 bridgehead atoms. The summed E-state index contributed by atoms with van der Waals surface area (Å²) in [4.78, 5) is 25.6. The van der Waals surface area contributed by atoms with Gasteiger partial charge in [0.2, 0.25) is 5.91 Å². The van der Waals surface area contributed by atoms with Crippen molar-refractivity contribution in [1.82, 2.24) is 9.80 Å². The molecule has 0 unspecified atom stereocenters. The molecular weight excluding hydrogens is 584 g/mol. The number of hydrogen-bond donors (Lipinski definition) is 1. The van der Waals surface area contributed by atoms with Gasteiger partial charge >= 0.3 is 0 Å². The van der Waals surface area contributed by atoms with Crippen LogP contribution in [0.2, 0.25) is 0 Å². The molecule has 0 aromatic heterocycles. The monoisotopic (exact) mass is 634 g/mol. The number of piperazine rings is 1. The number of nitrogens with two attached hydrogens (primary N) is 1. The van der Waals surface area contributed by atoms with Crippen LogP contribution >= 0.6 is 0 Å². The predicted octanol–water partition coefficient (Wildman–Crippen LogP) is 6.26. The van der Waals surface area contributed by atoms with Gasteiger partial charge in [-0.1, -0.05) is 12.1 Å². The van der Waals surface area contributed by atoms with Gasteiger partial charge in [0.05, 0.1) is 13.7 Å². The van der Waals surface area contributed by atoms with Gasteiger partial charge in [0.15, 0.2) is 0 Å². The van der Waals surface area contributed by atoms with Crippen LogP contribution in [-0.2, 0) is 11.3 Å². The third kappa shape index (κ3) is 6.93. The van der Waals surface area contributed by atoms with Gasteiger partial charge in [0.1, 0.15) is 11.6 Å². The standard InChI is InChI=1S/C39H50N6O2/c1-29-26-35(43-24-22-41(23-25-43)27-31-16-19-42(20-17-31)34-10-8-33(40)9-11-34)12-15-37(29)44-21-18-38(46)45(39(44)32-4-3-5-32)28-30-6-13-36(47-2)14-7-30/h6-15,26,31H,3-5,16-25,27-28,40H2,1-2H3. The minimum Gasteiger partial charge on any atom is -0.497 e. The second kappa shape index (κ2) is 13.9. The molecule has 3 aliphatic heterocycles. The van der Waals surface area contributed by atoms with Crippen LogP contribution in [0, 0.1) is 12.8 Å². The fraction of sp³-hybridized carbons (Fsp3) is 0.462. The van der Waals surface area contributed by atoms with Gasteiger partial charge in [0.25, 0.3) is 0 Å². The zero-order valence-corrected chi connectivity index (χ0v) is 28.2. The molecule has 3 saturated heterocycles. The quantitative estimate of drug-likeness (QED) is 0.294.